The summed E-state index contributed by atoms with van der Waals surface area (Å²) >= 11 is 6.07. The molecule has 34 heavy (non-hydrogen) atoms. The van der Waals surface area contributed by atoms with Crippen LogP contribution in [0.1, 0.15) is 23.6 Å². The monoisotopic (exact) mass is 478 g/mol. The highest BCUT2D eigenvalue weighted by atomic mass is 35.5. The van der Waals surface area contributed by atoms with Crippen LogP contribution < -0.4 is 14.8 Å². The minimum atomic E-state index is 0.358. The van der Waals surface area contributed by atoms with Gasteiger partial charge in [0.1, 0.15) is 24.7 Å². The molecule has 5 heteroatoms. The Labute approximate surface area is 207 Å². The average Bonchev–Trinajstić information content (AvgIpc) is 2.88. The summed E-state index contributed by atoms with van der Waals surface area (Å²) in [4.78, 5) is 0. The van der Waals surface area contributed by atoms with Crippen molar-refractivity contribution in [1.29, 1.82) is 0 Å². The molecular weight excluding hydrogens is 446 g/mol. The highest BCUT2D eigenvalue weighted by Crippen LogP contribution is 2.38. The maximum Gasteiger partial charge on any atom is 0.164 e. The Hall–Kier alpha value is -3.21. The van der Waals surface area contributed by atoms with E-state index in [0.29, 0.717) is 19.1 Å². The minimum absolute atomic E-state index is 0.358. The van der Waals surface area contributed by atoms with Gasteiger partial charge in [0.25, 0.3) is 0 Å². The van der Waals surface area contributed by atoms with Crippen LogP contribution in [0.15, 0.2) is 96.8 Å². The van der Waals surface area contributed by atoms with Gasteiger partial charge in [-0.05, 0) is 36.3 Å². The summed E-state index contributed by atoms with van der Waals surface area (Å²) in [5.74, 6) is 2.66. The standard InChI is InChI=1S/C29H32ClNO3/c1-5-10-22(6-2)19-33-26(15-17-30)21(3)28-24-13-14-27(29(32-4)25(24)16-18-31-28)34-20-23-11-8-7-9-12-23/h5-15,31H,1-2,16-20H2,3-4H3/p+1/b22-10+,26-15+,28-21-. The minimum Gasteiger partial charge on any atom is -0.493 e. The van der Waals surface area contributed by atoms with Crippen molar-refractivity contribution in [2.45, 2.75) is 20.0 Å². The first kappa shape index (κ1) is 25.4. The fourth-order valence-electron chi connectivity index (χ4n) is 4.02. The third-order valence-corrected chi connectivity index (χ3v) is 5.88. The van der Waals surface area contributed by atoms with E-state index in [-0.39, 0.29) is 0 Å². The molecule has 2 aromatic carbocycles. The topological polar surface area (TPSA) is 44.3 Å². The van der Waals surface area contributed by atoms with E-state index in [1.165, 1.54) is 0 Å². The number of fused-ring (bicyclic) bond motifs is 1. The largest absolute Gasteiger partial charge is 0.493 e. The van der Waals surface area contributed by atoms with Gasteiger partial charge in [-0.15, -0.1) is 11.6 Å². The first-order valence-corrected chi connectivity index (χ1v) is 11.9. The van der Waals surface area contributed by atoms with Crippen molar-refractivity contribution in [3.8, 4) is 11.5 Å². The van der Waals surface area contributed by atoms with E-state index in [1.54, 1.807) is 19.3 Å². The van der Waals surface area contributed by atoms with Crippen molar-refractivity contribution in [3.05, 3.63) is 114 Å². The number of alkyl halides is 1. The van der Waals surface area contributed by atoms with E-state index in [1.807, 2.05) is 36.4 Å². The molecule has 0 bridgehead atoms. The van der Waals surface area contributed by atoms with Gasteiger partial charge in [0.15, 0.2) is 11.5 Å². The molecule has 1 aliphatic heterocycles. The van der Waals surface area contributed by atoms with Crippen LogP contribution in [-0.4, -0.2) is 26.1 Å². The number of nitrogens with two attached hydrogens (primary N) is 1. The van der Waals surface area contributed by atoms with Gasteiger partial charge < -0.3 is 19.5 Å². The van der Waals surface area contributed by atoms with Gasteiger partial charge in [-0.3, -0.25) is 0 Å². The van der Waals surface area contributed by atoms with E-state index in [4.69, 9.17) is 25.8 Å². The summed E-state index contributed by atoms with van der Waals surface area (Å²) in [7, 11) is 1.70. The Balaban J connectivity index is 1.92. The first-order chi connectivity index (χ1) is 16.6. The number of quaternary nitrogens is 1. The Bertz CT molecular complexity index is 1100. The second kappa shape index (κ2) is 12.9. The van der Waals surface area contributed by atoms with Gasteiger partial charge in [0.2, 0.25) is 0 Å². The lowest BCUT2D eigenvalue weighted by Crippen LogP contribution is -2.83. The van der Waals surface area contributed by atoms with Gasteiger partial charge in [-0.2, -0.15) is 0 Å². The van der Waals surface area contributed by atoms with Crippen molar-refractivity contribution in [2.75, 3.05) is 26.1 Å². The van der Waals surface area contributed by atoms with Crippen molar-refractivity contribution in [1.82, 2.24) is 0 Å². The number of allylic oxidation sites excluding steroid dienone is 4. The Morgan fingerprint density at radius 2 is 1.94 bits per heavy atom. The Kier molecular flexibility index (Phi) is 9.62. The lowest BCUT2D eigenvalue weighted by molar-refractivity contribution is -0.565. The fraction of sp³-hybridized carbons (Fsp3) is 0.241. The molecule has 4 nitrogen and oxygen atoms in total. The fourth-order valence-corrected chi connectivity index (χ4v) is 4.16. The lowest BCUT2D eigenvalue weighted by Gasteiger charge is -2.23. The summed E-state index contributed by atoms with van der Waals surface area (Å²) < 4.78 is 18.1. The molecule has 0 atom stereocenters. The smallest absolute Gasteiger partial charge is 0.164 e. The summed E-state index contributed by atoms with van der Waals surface area (Å²) in [6.45, 7) is 11.4. The molecule has 0 unspecified atom stereocenters. The average molecular weight is 479 g/mol. The second-order valence-electron chi connectivity index (χ2n) is 7.87. The van der Waals surface area contributed by atoms with Crippen LogP contribution >= 0.6 is 11.6 Å². The van der Waals surface area contributed by atoms with E-state index in [9.17, 15) is 0 Å². The normalized spacial score (nSPS) is 15.3. The molecule has 0 fully saturated rings. The van der Waals surface area contributed by atoms with Crippen molar-refractivity contribution in [2.24, 2.45) is 0 Å². The number of ether oxygens (including phenoxy) is 3. The molecular formula is C29H33ClNO3+. The quantitative estimate of drug-likeness (QED) is 0.261. The Morgan fingerprint density at radius 1 is 1.15 bits per heavy atom. The Morgan fingerprint density at radius 3 is 2.62 bits per heavy atom. The molecule has 0 radical (unpaired) electrons. The summed E-state index contributed by atoms with van der Waals surface area (Å²) in [6, 6.07) is 14.2. The molecule has 3 rings (SSSR count). The number of hydrogen-bond acceptors (Lipinski definition) is 3. The number of hydrogen-bond donors (Lipinski definition) is 1. The number of methoxy groups -OCH3 is 1. The summed E-state index contributed by atoms with van der Waals surface area (Å²) in [5.41, 5.74) is 6.49. The molecule has 0 amide bonds. The first-order valence-electron chi connectivity index (χ1n) is 11.4. The zero-order chi connectivity index (χ0) is 24.3. The van der Waals surface area contributed by atoms with E-state index in [0.717, 1.165) is 63.8 Å². The predicted octanol–water partition coefficient (Wildman–Crippen LogP) is 5.56. The van der Waals surface area contributed by atoms with E-state index in [2.05, 4.69) is 43.6 Å². The third-order valence-electron chi connectivity index (χ3n) is 5.72. The van der Waals surface area contributed by atoms with Crippen LogP contribution in [0, 0.1) is 0 Å². The van der Waals surface area contributed by atoms with Crippen molar-refractivity contribution < 1.29 is 19.5 Å². The third kappa shape index (κ3) is 6.22. The lowest BCUT2D eigenvalue weighted by atomic mass is 9.93. The number of benzene rings is 2. The van der Waals surface area contributed by atoms with Crippen LogP contribution in [-0.2, 0) is 17.8 Å². The maximum absolute atomic E-state index is 6.14. The molecule has 0 saturated heterocycles. The van der Waals surface area contributed by atoms with Crippen LogP contribution in [0.25, 0.3) is 5.70 Å². The number of halogens is 1. The molecule has 2 aromatic rings. The summed E-state index contributed by atoms with van der Waals surface area (Å²) in [6.07, 6.45) is 8.17. The zero-order valence-electron chi connectivity index (χ0n) is 20.0. The van der Waals surface area contributed by atoms with E-state index < -0.39 is 0 Å². The molecule has 2 N–H and O–H groups in total. The van der Waals surface area contributed by atoms with Gasteiger partial charge in [-0.25, -0.2) is 0 Å². The number of rotatable bonds is 11. The molecule has 1 aliphatic rings. The van der Waals surface area contributed by atoms with E-state index >= 15 is 0 Å². The molecule has 0 aromatic heterocycles. The van der Waals surface area contributed by atoms with Crippen LogP contribution in [0.3, 0.4) is 0 Å². The predicted molar refractivity (Wildman–Crippen MR) is 140 cm³/mol. The van der Waals surface area contributed by atoms with Gasteiger partial charge in [0, 0.05) is 23.4 Å². The zero-order valence-corrected chi connectivity index (χ0v) is 20.7. The molecule has 0 spiro atoms. The van der Waals surface area contributed by atoms with Gasteiger partial charge in [-0.1, -0.05) is 61.7 Å². The van der Waals surface area contributed by atoms with Crippen LogP contribution in [0.5, 0.6) is 11.5 Å². The van der Waals surface area contributed by atoms with Crippen LogP contribution in [0.2, 0.25) is 0 Å². The highest BCUT2D eigenvalue weighted by molar-refractivity contribution is 6.19. The molecule has 0 saturated carbocycles. The van der Waals surface area contributed by atoms with Crippen LogP contribution in [0.4, 0.5) is 0 Å². The van der Waals surface area contributed by atoms with Gasteiger partial charge >= 0.3 is 0 Å². The highest BCUT2D eigenvalue weighted by Gasteiger charge is 2.27. The maximum atomic E-state index is 6.14. The van der Waals surface area contributed by atoms with Gasteiger partial charge in [0.05, 0.1) is 19.2 Å². The molecule has 0 aliphatic carbocycles. The van der Waals surface area contributed by atoms with Crippen molar-refractivity contribution >= 4 is 17.3 Å². The van der Waals surface area contributed by atoms with Crippen molar-refractivity contribution in [3.63, 3.8) is 0 Å². The SMILES string of the molecule is C=C/C=C(\C=C)COC(=C/CCl)/C(C)=C1\[NH2+]CCc2c1ccc(OCc1ccccc1)c2OC. The second-order valence-corrected chi connectivity index (χ2v) is 8.18. The molecule has 178 valence electrons. The molecule has 1 heterocycles. The summed E-state index contributed by atoms with van der Waals surface area (Å²) in [5, 5.41) is 2.25.